The molecule has 2 saturated carbocycles. The van der Waals surface area contributed by atoms with Crippen LogP contribution in [0.15, 0.2) is 18.2 Å². The van der Waals surface area contributed by atoms with Crippen LogP contribution < -0.4 is 11.1 Å². The Labute approximate surface area is 145 Å². The van der Waals surface area contributed by atoms with Gasteiger partial charge in [-0.1, -0.05) is 31.5 Å². The summed E-state index contributed by atoms with van der Waals surface area (Å²) >= 11 is 0. The van der Waals surface area contributed by atoms with Gasteiger partial charge in [0, 0.05) is 17.6 Å². The summed E-state index contributed by atoms with van der Waals surface area (Å²) in [5.74, 6) is 1.43. The van der Waals surface area contributed by atoms with Gasteiger partial charge in [0.25, 0.3) is 0 Å². The van der Waals surface area contributed by atoms with Crippen molar-refractivity contribution in [1.82, 2.24) is 0 Å². The van der Waals surface area contributed by atoms with Crippen molar-refractivity contribution in [2.24, 2.45) is 23.5 Å². The zero-order valence-electron chi connectivity index (χ0n) is 14.2. The summed E-state index contributed by atoms with van der Waals surface area (Å²) in [4.78, 5) is 12.8. The van der Waals surface area contributed by atoms with Gasteiger partial charge in [-0.15, -0.1) is 12.4 Å². The molecule has 2 fully saturated rings. The van der Waals surface area contributed by atoms with Crippen LogP contribution in [0.1, 0.15) is 50.2 Å². The second-order valence-electron chi connectivity index (χ2n) is 7.15. The first-order valence-electron chi connectivity index (χ1n) is 8.75. The normalized spacial score (nSPS) is 29.5. The molecule has 3 rings (SSSR count). The monoisotopic (exact) mass is 336 g/mol. The van der Waals surface area contributed by atoms with Crippen LogP contribution in [0.5, 0.6) is 0 Å². The van der Waals surface area contributed by atoms with Gasteiger partial charge in [0.1, 0.15) is 0 Å². The minimum absolute atomic E-state index is 0. The van der Waals surface area contributed by atoms with Gasteiger partial charge < -0.3 is 11.1 Å². The summed E-state index contributed by atoms with van der Waals surface area (Å²) < 4.78 is 0. The Hall–Kier alpha value is -1.06. The minimum Gasteiger partial charge on any atom is -0.327 e. The van der Waals surface area contributed by atoms with Crippen molar-refractivity contribution in [2.75, 3.05) is 5.32 Å². The van der Waals surface area contributed by atoms with Crippen LogP contribution in [0.4, 0.5) is 5.69 Å². The number of aryl methyl sites for hydroxylation is 2. The molecule has 0 aliphatic heterocycles. The zero-order valence-corrected chi connectivity index (χ0v) is 15.0. The van der Waals surface area contributed by atoms with E-state index < -0.39 is 0 Å². The van der Waals surface area contributed by atoms with Crippen molar-refractivity contribution >= 4 is 24.0 Å². The maximum Gasteiger partial charge on any atom is 0.227 e. The largest absolute Gasteiger partial charge is 0.327 e. The van der Waals surface area contributed by atoms with Crippen LogP contribution in [0.2, 0.25) is 0 Å². The first kappa shape index (κ1) is 18.3. The Morgan fingerprint density at radius 3 is 2.52 bits per heavy atom. The lowest BCUT2D eigenvalue weighted by molar-refractivity contribution is -0.122. The Balaban J connectivity index is 0.00000192. The number of nitrogens with two attached hydrogens (primary N) is 1. The Morgan fingerprint density at radius 1 is 1.26 bits per heavy atom. The van der Waals surface area contributed by atoms with Gasteiger partial charge in [-0.2, -0.15) is 0 Å². The van der Waals surface area contributed by atoms with Gasteiger partial charge in [-0.25, -0.2) is 0 Å². The Bertz CT molecular complexity index is 546. The smallest absolute Gasteiger partial charge is 0.227 e. The van der Waals surface area contributed by atoms with Crippen LogP contribution in [0.3, 0.4) is 0 Å². The summed E-state index contributed by atoms with van der Waals surface area (Å²) in [6.07, 6.45) is 6.57. The third kappa shape index (κ3) is 3.72. The van der Waals surface area contributed by atoms with E-state index in [1.807, 2.05) is 0 Å². The molecular weight excluding hydrogens is 308 g/mol. The van der Waals surface area contributed by atoms with E-state index in [1.54, 1.807) is 0 Å². The molecule has 2 aliphatic carbocycles. The van der Waals surface area contributed by atoms with Gasteiger partial charge >= 0.3 is 0 Å². The fourth-order valence-corrected chi connectivity index (χ4v) is 4.43. The van der Waals surface area contributed by atoms with E-state index in [0.29, 0.717) is 17.9 Å². The molecule has 2 bridgehead atoms. The zero-order chi connectivity index (χ0) is 15.7. The van der Waals surface area contributed by atoms with E-state index in [4.69, 9.17) is 5.73 Å². The molecule has 0 saturated heterocycles. The third-order valence-corrected chi connectivity index (χ3v) is 5.77. The molecule has 4 heteroatoms. The highest BCUT2D eigenvalue weighted by molar-refractivity contribution is 5.94. The standard InChI is InChI=1S/C19H28N2O.ClH/c1-3-13-7-4-6-12(2)18(13)21-19(22)16-10-14-8-5-9-15(11-16)17(14)20;/h4,6-7,14-17H,3,5,8-11,20H2,1-2H3,(H,21,22);1H. The summed E-state index contributed by atoms with van der Waals surface area (Å²) in [5.41, 5.74) is 9.74. The molecule has 2 atom stereocenters. The minimum atomic E-state index is 0. The number of hydrogen-bond donors (Lipinski definition) is 2. The van der Waals surface area contributed by atoms with Gasteiger partial charge in [-0.05, 0) is 62.0 Å². The average molecular weight is 337 g/mol. The van der Waals surface area contributed by atoms with Crippen molar-refractivity contribution in [2.45, 2.75) is 58.4 Å². The fourth-order valence-electron chi connectivity index (χ4n) is 4.43. The molecule has 1 aromatic rings. The first-order chi connectivity index (χ1) is 10.6. The predicted molar refractivity (Wildman–Crippen MR) is 98.0 cm³/mol. The second kappa shape index (κ2) is 7.67. The molecule has 3 N–H and O–H groups in total. The summed E-state index contributed by atoms with van der Waals surface area (Å²) in [7, 11) is 0. The molecular formula is C19H29ClN2O. The van der Waals surface area contributed by atoms with Gasteiger partial charge in [-0.3, -0.25) is 4.79 Å². The molecule has 3 nitrogen and oxygen atoms in total. The van der Waals surface area contributed by atoms with Gasteiger partial charge in [0.2, 0.25) is 5.91 Å². The number of halogens is 1. The molecule has 23 heavy (non-hydrogen) atoms. The van der Waals surface area contributed by atoms with E-state index >= 15 is 0 Å². The van der Waals surface area contributed by atoms with E-state index in [2.05, 4.69) is 37.4 Å². The molecule has 2 unspecified atom stereocenters. The van der Waals surface area contributed by atoms with Crippen LogP contribution in [0, 0.1) is 24.7 Å². The lowest BCUT2D eigenvalue weighted by Crippen LogP contribution is -2.48. The Kier molecular flexibility index (Phi) is 6.10. The lowest BCUT2D eigenvalue weighted by atomic mass is 9.65. The third-order valence-electron chi connectivity index (χ3n) is 5.77. The maximum absolute atomic E-state index is 12.8. The number of carbonyl (C=O) groups excluding carboxylic acids is 1. The molecule has 128 valence electrons. The van der Waals surface area contributed by atoms with Gasteiger partial charge in [0.05, 0.1) is 0 Å². The molecule has 0 spiro atoms. The van der Waals surface area contributed by atoms with Crippen molar-refractivity contribution in [3.05, 3.63) is 29.3 Å². The molecule has 0 heterocycles. The highest BCUT2D eigenvalue weighted by Gasteiger charge is 2.40. The van der Waals surface area contributed by atoms with E-state index in [0.717, 1.165) is 30.5 Å². The van der Waals surface area contributed by atoms with Crippen LogP contribution in [0.25, 0.3) is 0 Å². The number of fused-ring (bicyclic) bond motifs is 2. The Morgan fingerprint density at radius 2 is 1.91 bits per heavy atom. The van der Waals surface area contributed by atoms with Crippen molar-refractivity contribution in [3.8, 4) is 0 Å². The number of hydrogen-bond acceptors (Lipinski definition) is 2. The van der Waals surface area contributed by atoms with E-state index in [1.165, 1.54) is 24.8 Å². The van der Waals surface area contributed by atoms with Crippen LogP contribution in [-0.4, -0.2) is 11.9 Å². The lowest BCUT2D eigenvalue weighted by Gasteiger charge is -2.43. The molecule has 1 aromatic carbocycles. The van der Waals surface area contributed by atoms with E-state index in [-0.39, 0.29) is 24.2 Å². The fraction of sp³-hybridized carbons (Fsp3) is 0.632. The maximum atomic E-state index is 12.8. The number of benzene rings is 1. The number of anilines is 1. The number of para-hydroxylation sites is 1. The number of carbonyl (C=O) groups is 1. The summed E-state index contributed by atoms with van der Waals surface area (Å²) in [6.45, 7) is 4.20. The molecule has 1 amide bonds. The van der Waals surface area contributed by atoms with Gasteiger partial charge in [0.15, 0.2) is 0 Å². The topological polar surface area (TPSA) is 55.1 Å². The molecule has 2 aliphatic rings. The predicted octanol–water partition coefficient (Wildman–Crippen LogP) is 4.07. The number of amides is 1. The summed E-state index contributed by atoms with van der Waals surface area (Å²) in [5, 5.41) is 3.22. The highest BCUT2D eigenvalue weighted by Crippen LogP contribution is 2.42. The average Bonchev–Trinajstić information content (AvgIpc) is 2.48. The van der Waals surface area contributed by atoms with Crippen molar-refractivity contribution < 1.29 is 4.79 Å². The number of rotatable bonds is 3. The number of nitrogens with one attached hydrogen (secondary N) is 1. The quantitative estimate of drug-likeness (QED) is 0.874. The highest BCUT2D eigenvalue weighted by atomic mass is 35.5. The van der Waals surface area contributed by atoms with Crippen LogP contribution in [-0.2, 0) is 11.2 Å². The summed E-state index contributed by atoms with van der Waals surface area (Å²) in [6, 6.07) is 6.56. The van der Waals surface area contributed by atoms with Crippen LogP contribution >= 0.6 is 12.4 Å². The second-order valence-corrected chi connectivity index (χ2v) is 7.15. The van der Waals surface area contributed by atoms with Crippen molar-refractivity contribution in [1.29, 1.82) is 0 Å². The van der Waals surface area contributed by atoms with E-state index in [9.17, 15) is 4.79 Å². The first-order valence-corrected chi connectivity index (χ1v) is 8.75. The van der Waals surface area contributed by atoms with Crippen molar-refractivity contribution in [3.63, 3.8) is 0 Å². The molecule has 0 radical (unpaired) electrons. The SMILES string of the molecule is CCc1cccc(C)c1NC(=O)C1CC2CCCC(C1)C2N.Cl. The molecule has 0 aromatic heterocycles.